The molecule has 0 saturated heterocycles. The van der Waals surface area contributed by atoms with Gasteiger partial charge in [0.05, 0.1) is 11.5 Å². The Kier molecular flexibility index (Phi) is 4.07. The Morgan fingerprint density at radius 2 is 1.96 bits per heavy atom. The topological polar surface area (TPSA) is 111 Å². The maximum atomic E-state index is 13.1. The van der Waals surface area contributed by atoms with Gasteiger partial charge in [0.1, 0.15) is 27.6 Å². The molecule has 0 bridgehead atoms. The molecule has 2 aromatic heterocycles. The van der Waals surface area contributed by atoms with Crippen LogP contribution < -0.4 is 10.5 Å². The highest BCUT2D eigenvalue weighted by atomic mass is 32.2. The Hall–Kier alpha value is -2.61. The molecule has 1 aliphatic carbocycles. The molecule has 1 aromatic carbocycles. The van der Waals surface area contributed by atoms with Crippen molar-refractivity contribution in [2.45, 2.75) is 36.0 Å². The van der Waals surface area contributed by atoms with Crippen LogP contribution in [0.2, 0.25) is 0 Å². The number of nitrogens with one attached hydrogen (secondary N) is 1. The van der Waals surface area contributed by atoms with E-state index >= 15 is 0 Å². The van der Waals surface area contributed by atoms with E-state index in [4.69, 9.17) is 10.5 Å². The van der Waals surface area contributed by atoms with Crippen LogP contribution in [0.15, 0.2) is 40.1 Å². The molecule has 1 saturated carbocycles. The summed E-state index contributed by atoms with van der Waals surface area (Å²) in [6, 6.07) is 8.18. The number of fused-ring (bicyclic) bond motifs is 1. The minimum Gasteiger partial charge on any atom is -0.476 e. The number of anilines is 1. The second-order valence-corrected chi connectivity index (χ2v) is 8.48. The molecular formula is C18H20N4O3S. The van der Waals surface area contributed by atoms with Gasteiger partial charge in [-0.25, -0.2) is 13.4 Å². The number of ether oxygens (including phenoxy) is 1. The maximum Gasteiger partial charge on any atom is 0.241 e. The van der Waals surface area contributed by atoms with Gasteiger partial charge in [0.2, 0.25) is 15.7 Å². The van der Waals surface area contributed by atoms with Crippen LogP contribution in [0.3, 0.4) is 0 Å². The highest BCUT2D eigenvalue weighted by molar-refractivity contribution is 7.92. The minimum absolute atomic E-state index is 0.0299. The average Bonchev–Trinajstić information content (AvgIpc) is 2.90. The number of aryl methyl sites for hydroxylation is 1. The van der Waals surface area contributed by atoms with E-state index in [-0.39, 0.29) is 21.1 Å². The number of H-pyrrole nitrogens is 1. The fourth-order valence-corrected chi connectivity index (χ4v) is 4.59. The zero-order chi connectivity index (χ0) is 18.3. The molecule has 1 fully saturated rings. The van der Waals surface area contributed by atoms with E-state index in [1.54, 1.807) is 25.1 Å². The Balaban J connectivity index is 1.83. The SMILES string of the molecule is Cc1nc(OCC2CCC2)c2[nH]c(N)c(S(=O)(=O)c3ccccc3)c2n1. The molecule has 7 nitrogen and oxygen atoms in total. The number of nitrogens with zero attached hydrogens (tertiary/aromatic N) is 2. The van der Waals surface area contributed by atoms with Crippen LogP contribution in [0.5, 0.6) is 5.88 Å². The number of nitrogens with two attached hydrogens (primary N) is 1. The molecule has 1 aliphatic rings. The van der Waals surface area contributed by atoms with Crippen LogP contribution in [0.1, 0.15) is 25.1 Å². The monoisotopic (exact) mass is 372 g/mol. The number of sulfone groups is 1. The van der Waals surface area contributed by atoms with Crippen molar-refractivity contribution in [2.75, 3.05) is 12.3 Å². The molecule has 2 heterocycles. The molecule has 0 amide bonds. The molecule has 136 valence electrons. The van der Waals surface area contributed by atoms with E-state index in [1.165, 1.54) is 18.6 Å². The smallest absolute Gasteiger partial charge is 0.241 e. The predicted molar refractivity (Wildman–Crippen MR) is 97.8 cm³/mol. The third-order valence-corrected chi connectivity index (χ3v) is 6.55. The van der Waals surface area contributed by atoms with Gasteiger partial charge in [-0.3, -0.25) is 0 Å². The van der Waals surface area contributed by atoms with E-state index in [0.717, 1.165) is 12.8 Å². The number of aromatic nitrogens is 3. The summed E-state index contributed by atoms with van der Waals surface area (Å²) in [5, 5.41) is 0. The molecule has 0 aliphatic heterocycles. The molecule has 0 radical (unpaired) electrons. The summed E-state index contributed by atoms with van der Waals surface area (Å²) in [7, 11) is -3.81. The summed E-state index contributed by atoms with van der Waals surface area (Å²) in [6.45, 7) is 2.27. The van der Waals surface area contributed by atoms with E-state index in [1.807, 2.05) is 0 Å². The summed E-state index contributed by atoms with van der Waals surface area (Å²) >= 11 is 0. The minimum atomic E-state index is -3.81. The molecule has 0 spiro atoms. The van der Waals surface area contributed by atoms with Crippen molar-refractivity contribution in [2.24, 2.45) is 5.92 Å². The molecule has 3 N–H and O–H groups in total. The number of hydrogen-bond acceptors (Lipinski definition) is 6. The lowest BCUT2D eigenvalue weighted by Crippen LogP contribution is -2.19. The van der Waals surface area contributed by atoms with E-state index in [0.29, 0.717) is 29.7 Å². The van der Waals surface area contributed by atoms with Gasteiger partial charge >= 0.3 is 0 Å². The summed E-state index contributed by atoms with van der Waals surface area (Å²) < 4.78 is 32.0. The van der Waals surface area contributed by atoms with Gasteiger partial charge in [-0.05, 0) is 37.8 Å². The van der Waals surface area contributed by atoms with E-state index in [2.05, 4.69) is 15.0 Å². The second kappa shape index (κ2) is 6.28. The molecule has 8 heteroatoms. The lowest BCUT2D eigenvalue weighted by atomic mass is 9.86. The average molecular weight is 372 g/mol. The van der Waals surface area contributed by atoms with Crippen molar-refractivity contribution in [3.8, 4) is 5.88 Å². The van der Waals surface area contributed by atoms with Crippen LogP contribution in [-0.4, -0.2) is 30.0 Å². The number of hydrogen-bond donors (Lipinski definition) is 2. The normalized spacial score (nSPS) is 15.1. The van der Waals surface area contributed by atoms with Crippen molar-refractivity contribution in [3.63, 3.8) is 0 Å². The molecule has 26 heavy (non-hydrogen) atoms. The third kappa shape index (κ3) is 2.80. The molecule has 0 unspecified atom stereocenters. The number of rotatable bonds is 5. The van der Waals surface area contributed by atoms with E-state index in [9.17, 15) is 8.42 Å². The second-order valence-electron chi connectivity index (χ2n) is 6.59. The Morgan fingerprint density at radius 1 is 1.23 bits per heavy atom. The third-order valence-electron chi connectivity index (χ3n) is 4.71. The van der Waals surface area contributed by atoms with Gasteiger partial charge < -0.3 is 15.5 Å². The fraction of sp³-hybridized carbons (Fsp3) is 0.333. The van der Waals surface area contributed by atoms with Crippen molar-refractivity contribution >= 4 is 26.7 Å². The van der Waals surface area contributed by atoms with Gasteiger partial charge in [0.15, 0.2) is 0 Å². The van der Waals surface area contributed by atoms with Crippen LogP contribution >= 0.6 is 0 Å². The molecular weight excluding hydrogens is 352 g/mol. The first-order chi connectivity index (χ1) is 12.5. The summed E-state index contributed by atoms with van der Waals surface area (Å²) in [6.07, 6.45) is 3.52. The lowest BCUT2D eigenvalue weighted by molar-refractivity contribution is 0.177. The first-order valence-corrected chi connectivity index (χ1v) is 10.0. The highest BCUT2D eigenvalue weighted by Crippen LogP contribution is 2.36. The Morgan fingerprint density at radius 3 is 2.62 bits per heavy atom. The fourth-order valence-electron chi connectivity index (χ4n) is 3.09. The van der Waals surface area contributed by atoms with Crippen LogP contribution in [0.4, 0.5) is 5.82 Å². The molecule has 0 atom stereocenters. The quantitative estimate of drug-likeness (QED) is 0.712. The lowest BCUT2D eigenvalue weighted by Gasteiger charge is -2.24. The van der Waals surface area contributed by atoms with Gasteiger partial charge in [-0.1, -0.05) is 24.6 Å². The summed E-state index contributed by atoms with van der Waals surface area (Å²) in [5.41, 5.74) is 6.72. The zero-order valence-electron chi connectivity index (χ0n) is 14.4. The highest BCUT2D eigenvalue weighted by Gasteiger charge is 2.29. The summed E-state index contributed by atoms with van der Waals surface area (Å²) in [5.74, 6) is 1.35. The van der Waals surface area contributed by atoms with Crippen molar-refractivity contribution in [1.29, 1.82) is 0 Å². The first-order valence-electron chi connectivity index (χ1n) is 8.55. The Bertz CT molecular complexity index is 1060. The van der Waals surface area contributed by atoms with Crippen molar-refractivity contribution in [3.05, 3.63) is 36.2 Å². The van der Waals surface area contributed by atoms with Gasteiger partial charge in [0, 0.05) is 0 Å². The number of benzene rings is 1. The molecule has 3 aromatic rings. The largest absolute Gasteiger partial charge is 0.476 e. The standard InChI is InChI=1S/C18H20N4O3S/c1-11-20-14-15(18(21-11)25-10-12-6-5-7-12)22-17(19)16(14)26(23,24)13-8-3-2-4-9-13/h2-4,8-9,12,22H,5-7,10,19H2,1H3. The van der Waals surface area contributed by atoms with Gasteiger partial charge in [-0.2, -0.15) is 4.98 Å². The zero-order valence-corrected chi connectivity index (χ0v) is 15.2. The van der Waals surface area contributed by atoms with Crippen LogP contribution in [0, 0.1) is 12.8 Å². The van der Waals surface area contributed by atoms with Crippen molar-refractivity contribution in [1.82, 2.24) is 15.0 Å². The van der Waals surface area contributed by atoms with Crippen LogP contribution in [0.25, 0.3) is 11.0 Å². The van der Waals surface area contributed by atoms with Gasteiger partial charge in [-0.15, -0.1) is 0 Å². The summed E-state index contributed by atoms with van der Waals surface area (Å²) in [4.78, 5) is 11.7. The first kappa shape index (κ1) is 16.8. The number of nitrogen functional groups attached to an aromatic ring is 1. The Labute approximate surface area is 151 Å². The number of aromatic amines is 1. The van der Waals surface area contributed by atoms with E-state index < -0.39 is 9.84 Å². The van der Waals surface area contributed by atoms with Crippen LogP contribution in [-0.2, 0) is 9.84 Å². The molecule has 4 rings (SSSR count). The van der Waals surface area contributed by atoms with Gasteiger partial charge in [0.25, 0.3) is 0 Å². The maximum absolute atomic E-state index is 13.1. The van der Waals surface area contributed by atoms with Crippen molar-refractivity contribution < 1.29 is 13.2 Å². The predicted octanol–water partition coefficient (Wildman–Crippen LogP) is 2.86.